The van der Waals surface area contributed by atoms with Crippen molar-refractivity contribution in [2.75, 3.05) is 0 Å². The summed E-state index contributed by atoms with van der Waals surface area (Å²) in [5, 5.41) is 0. The molecule has 3 N–H and O–H groups in total. The number of halogens is 5. The number of benzene rings is 1. The zero-order valence-corrected chi connectivity index (χ0v) is 8.30. The number of nitrogens with two attached hydrogens (primary N) is 1. The highest BCUT2D eigenvalue weighted by Gasteiger charge is 2.61. The number of nitrogens with zero attached hydrogens (tertiary/aromatic N) is 1. The first-order chi connectivity index (χ1) is 7.79. The Labute approximate surface area is 93.1 Å². The highest BCUT2D eigenvalue weighted by Crippen LogP contribution is 2.36. The molecule has 0 aliphatic rings. The second kappa shape index (κ2) is 4.66. The molecule has 0 amide bonds. The molecule has 1 aromatic carbocycles. The molecule has 17 heavy (non-hydrogen) atoms. The van der Waals surface area contributed by atoms with Gasteiger partial charge in [0.1, 0.15) is 0 Å². The average molecular weight is 253 g/mol. The highest BCUT2D eigenvalue weighted by atomic mass is 19.4. The van der Waals surface area contributed by atoms with Crippen molar-refractivity contribution in [1.29, 1.82) is 0 Å². The van der Waals surface area contributed by atoms with Gasteiger partial charge in [0.05, 0.1) is 5.69 Å². The van der Waals surface area contributed by atoms with Crippen molar-refractivity contribution in [2.24, 2.45) is 10.8 Å². The SMILES string of the molecule is NNC(=Nc1ccccc1)C(F)(F)C(F)(F)F. The van der Waals surface area contributed by atoms with E-state index in [9.17, 15) is 22.0 Å². The molecule has 8 heteroatoms. The third-order valence-corrected chi connectivity index (χ3v) is 1.79. The maximum Gasteiger partial charge on any atom is 0.461 e. The molecule has 0 unspecified atom stereocenters. The van der Waals surface area contributed by atoms with Gasteiger partial charge in [0, 0.05) is 0 Å². The lowest BCUT2D eigenvalue weighted by atomic mass is 10.3. The first kappa shape index (κ1) is 13.4. The molecular weight excluding hydrogens is 245 g/mol. The Morgan fingerprint density at radius 3 is 2.00 bits per heavy atom. The number of amidine groups is 1. The predicted molar refractivity (Wildman–Crippen MR) is 51.9 cm³/mol. The topological polar surface area (TPSA) is 50.4 Å². The van der Waals surface area contributed by atoms with Crippen molar-refractivity contribution in [3.8, 4) is 0 Å². The van der Waals surface area contributed by atoms with Gasteiger partial charge in [0.15, 0.2) is 5.84 Å². The third kappa shape index (κ3) is 2.90. The number of rotatable bonds is 2. The van der Waals surface area contributed by atoms with Crippen LogP contribution >= 0.6 is 0 Å². The second-order valence-electron chi connectivity index (χ2n) is 3.01. The van der Waals surface area contributed by atoms with Gasteiger partial charge in [-0.3, -0.25) is 0 Å². The van der Waals surface area contributed by atoms with Crippen molar-refractivity contribution in [3.63, 3.8) is 0 Å². The molecule has 0 aliphatic heterocycles. The summed E-state index contributed by atoms with van der Waals surface area (Å²) < 4.78 is 61.9. The van der Waals surface area contributed by atoms with Gasteiger partial charge in [-0.25, -0.2) is 10.8 Å². The molecule has 94 valence electrons. The molecule has 0 spiro atoms. The standard InChI is InChI=1S/C9H8F5N3/c10-8(11,9(12,13)14)7(17-15)16-6-4-2-1-3-5-6/h1-5H,15H2,(H,16,17). The van der Waals surface area contributed by atoms with E-state index in [2.05, 4.69) is 10.8 Å². The molecule has 1 aromatic rings. The molecule has 0 heterocycles. The van der Waals surface area contributed by atoms with Crippen LogP contribution in [0.5, 0.6) is 0 Å². The summed E-state index contributed by atoms with van der Waals surface area (Å²) >= 11 is 0. The Morgan fingerprint density at radius 2 is 1.59 bits per heavy atom. The number of hydrogen-bond acceptors (Lipinski definition) is 2. The van der Waals surface area contributed by atoms with E-state index in [-0.39, 0.29) is 5.69 Å². The molecule has 0 radical (unpaired) electrons. The fourth-order valence-corrected chi connectivity index (χ4v) is 0.959. The molecule has 1 rings (SSSR count). The number of hydrogen-bond donors (Lipinski definition) is 2. The van der Waals surface area contributed by atoms with E-state index in [1.54, 1.807) is 6.07 Å². The third-order valence-electron chi connectivity index (χ3n) is 1.79. The van der Waals surface area contributed by atoms with E-state index in [4.69, 9.17) is 0 Å². The lowest BCUT2D eigenvalue weighted by molar-refractivity contribution is -0.250. The summed E-state index contributed by atoms with van der Waals surface area (Å²) in [7, 11) is 0. The average Bonchev–Trinajstić information content (AvgIpc) is 2.25. The van der Waals surface area contributed by atoms with Gasteiger partial charge >= 0.3 is 12.1 Å². The Hall–Kier alpha value is -1.70. The van der Waals surface area contributed by atoms with E-state index in [1.165, 1.54) is 29.7 Å². The predicted octanol–water partition coefficient (Wildman–Crippen LogP) is 2.38. The molecule has 0 saturated carbocycles. The van der Waals surface area contributed by atoms with Crippen molar-refractivity contribution in [3.05, 3.63) is 30.3 Å². The minimum Gasteiger partial charge on any atom is -0.307 e. The van der Waals surface area contributed by atoms with E-state index in [0.717, 1.165) is 0 Å². The largest absolute Gasteiger partial charge is 0.461 e. The lowest BCUT2D eigenvalue weighted by Gasteiger charge is -2.20. The fraction of sp³-hybridized carbons (Fsp3) is 0.222. The number of nitrogens with one attached hydrogen (secondary N) is 1. The van der Waals surface area contributed by atoms with Gasteiger partial charge < -0.3 is 5.43 Å². The number of aliphatic imine (C=N–C) groups is 1. The molecule has 3 nitrogen and oxygen atoms in total. The highest BCUT2D eigenvalue weighted by molar-refractivity contribution is 5.91. The van der Waals surface area contributed by atoms with Crippen LogP contribution in [0.1, 0.15) is 0 Å². The summed E-state index contributed by atoms with van der Waals surface area (Å²) in [5.74, 6) is -2.14. The van der Waals surface area contributed by atoms with Crippen LogP contribution in [0.2, 0.25) is 0 Å². The van der Waals surface area contributed by atoms with Gasteiger partial charge in [-0.05, 0) is 12.1 Å². The normalized spacial score (nSPS) is 13.6. The van der Waals surface area contributed by atoms with Crippen molar-refractivity contribution >= 4 is 11.5 Å². The minimum absolute atomic E-state index is 0.0654. The first-order valence-electron chi connectivity index (χ1n) is 4.34. The zero-order chi connectivity index (χ0) is 13.1. The van der Waals surface area contributed by atoms with Crippen LogP contribution in [0.4, 0.5) is 27.6 Å². The maximum absolute atomic E-state index is 12.9. The van der Waals surface area contributed by atoms with E-state index in [1.807, 2.05) is 0 Å². The monoisotopic (exact) mass is 253 g/mol. The smallest absolute Gasteiger partial charge is 0.307 e. The minimum atomic E-state index is -5.76. The van der Waals surface area contributed by atoms with Crippen LogP contribution < -0.4 is 11.3 Å². The first-order valence-corrected chi connectivity index (χ1v) is 4.34. The molecular formula is C9H8F5N3. The summed E-state index contributed by atoms with van der Waals surface area (Å²) in [5.41, 5.74) is 1.21. The van der Waals surface area contributed by atoms with Crippen molar-refractivity contribution < 1.29 is 22.0 Å². The van der Waals surface area contributed by atoms with Crippen LogP contribution in [0, 0.1) is 0 Å². The number of para-hydroxylation sites is 1. The van der Waals surface area contributed by atoms with Gasteiger partial charge in [-0.1, -0.05) is 18.2 Å². The quantitative estimate of drug-likeness (QED) is 0.279. The maximum atomic E-state index is 12.9. The molecule has 0 bridgehead atoms. The van der Waals surface area contributed by atoms with Crippen LogP contribution in [0.25, 0.3) is 0 Å². The van der Waals surface area contributed by atoms with Crippen LogP contribution in [0.15, 0.2) is 35.3 Å². The Kier molecular flexibility index (Phi) is 3.66. The summed E-state index contributed by atoms with van der Waals surface area (Å²) in [6.45, 7) is 0. The van der Waals surface area contributed by atoms with Crippen LogP contribution in [-0.2, 0) is 0 Å². The Balaban J connectivity index is 3.12. The molecule has 0 aliphatic carbocycles. The van der Waals surface area contributed by atoms with Gasteiger partial charge in [0.25, 0.3) is 0 Å². The van der Waals surface area contributed by atoms with E-state index in [0.29, 0.717) is 0 Å². The fourth-order valence-electron chi connectivity index (χ4n) is 0.959. The molecule has 0 saturated heterocycles. The van der Waals surface area contributed by atoms with Gasteiger partial charge in [0.2, 0.25) is 0 Å². The van der Waals surface area contributed by atoms with Gasteiger partial charge in [-0.15, -0.1) is 0 Å². The number of alkyl halides is 5. The molecule has 0 fully saturated rings. The Morgan fingerprint density at radius 1 is 1.06 bits per heavy atom. The van der Waals surface area contributed by atoms with Crippen molar-refractivity contribution in [1.82, 2.24) is 5.43 Å². The van der Waals surface area contributed by atoms with Gasteiger partial charge in [-0.2, -0.15) is 22.0 Å². The van der Waals surface area contributed by atoms with E-state index < -0.39 is 17.9 Å². The van der Waals surface area contributed by atoms with Crippen LogP contribution in [-0.4, -0.2) is 17.9 Å². The summed E-state index contributed by atoms with van der Waals surface area (Å²) in [6.07, 6.45) is -5.76. The zero-order valence-electron chi connectivity index (χ0n) is 8.30. The summed E-state index contributed by atoms with van der Waals surface area (Å²) in [4.78, 5) is 3.13. The van der Waals surface area contributed by atoms with E-state index >= 15 is 0 Å². The second-order valence-corrected chi connectivity index (χ2v) is 3.01. The summed E-state index contributed by atoms with van der Waals surface area (Å²) in [6, 6.07) is 6.99. The Bertz CT molecular complexity index is 399. The lowest BCUT2D eigenvalue weighted by Crippen LogP contribution is -2.52. The molecule has 0 atom stereocenters. The molecule has 0 aromatic heterocycles. The van der Waals surface area contributed by atoms with Crippen LogP contribution in [0.3, 0.4) is 0 Å². The van der Waals surface area contributed by atoms with Crippen molar-refractivity contribution in [2.45, 2.75) is 12.1 Å². The number of hydrazine groups is 1.